The van der Waals surface area contributed by atoms with E-state index >= 15 is 0 Å². The van der Waals surface area contributed by atoms with Gasteiger partial charge < -0.3 is 20.4 Å². The summed E-state index contributed by atoms with van der Waals surface area (Å²) in [7, 11) is 1.88. The number of guanidine groups is 1. The van der Waals surface area contributed by atoms with Gasteiger partial charge in [-0.15, -0.1) is 24.0 Å². The van der Waals surface area contributed by atoms with Gasteiger partial charge in [-0.1, -0.05) is 19.8 Å². The maximum absolute atomic E-state index is 4.38. The van der Waals surface area contributed by atoms with Crippen LogP contribution in [-0.2, 0) is 0 Å². The van der Waals surface area contributed by atoms with Crippen molar-refractivity contribution in [1.29, 1.82) is 0 Å². The molecule has 2 saturated heterocycles. The number of halogens is 1. The van der Waals surface area contributed by atoms with Crippen LogP contribution in [-0.4, -0.2) is 75.2 Å². The molecule has 0 saturated carbocycles. The van der Waals surface area contributed by atoms with Crippen molar-refractivity contribution in [3.8, 4) is 0 Å². The van der Waals surface area contributed by atoms with Gasteiger partial charge in [0.25, 0.3) is 0 Å². The van der Waals surface area contributed by atoms with E-state index in [2.05, 4.69) is 32.3 Å². The summed E-state index contributed by atoms with van der Waals surface area (Å²) in [4.78, 5) is 9.57. The molecule has 2 aliphatic heterocycles. The van der Waals surface area contributed by atoms with Crippen molar-refractivity contribution in [2.75, 3.05) is 59.4 Å². The van der Waals surface area contributed by atoms with E-state index in [1.165, 1.54) is 84.2 Å². The molecule has 0 amide bonds. The molecule has 148 valence electrons. The fourth-order valence-electron chi connectivity index (χ4n) is 3.94. The maximum atomic E-state index is 4.38. The molecule has 0 aromatic carbocycles. The Balaban J connectivity index is 0.00000312. The second-order valence-electron chi connectivity index (χ2n) is 7.39. The van der Waals surface area contributed by atoms with Crippen LogP contribution in [0.25, 0.3) is 0 Å². The molecule has 1 unspecified atom stereocenters. The third-order valence-electron chi connectivity index (χ3n) is 5.47. The lowest BCUT2D eigenvalue weighted by Gasteiger charge is -2.32. The number of nitrogens with zero attached hydrogens (tertiary/aromatic N) is 3. The lowest BCUT2D eigenvalue weighted by molar-refractivity contribution is 0.183. The fourth-order valence-corrected chi connectivity index (χ4v) is 3.94. The summed E-state index contributed by atoms with van der Waals surface area (Å²) in [6, 6.07) is 0. The number of hydrogen-bond acceptors (Lipinski definition) is 3. The number of hydrogen-bond donors (Lipinski definition) is 2. The smallest absolute Gasteiger partial charge is 0.190 e. The minimum Gasteiger partial charge on any atom is -0.356 e. The summed E-state index contributed by atoms with van der Waals surface area (Å²) in [5, 5.41) is 7.02. The minimum absolute atomic E-state index is 0. The summed E-state index contributed by atoms with van der Waals surface area (Å²) >= 11 is 0. The van der Waals surface area contributed by atoms with Gasteiger partial charge in [0.1, 0.15) is 0 Å². The average Bonchev–Trinajstić information content (AvgIpc) is 2.90. The van der Waals surface area contributed by atoms with Crippen molar-refractivity contribution >= 4 is 29.9 Å². The van der Waals surface area contributed by atoms with Crippen molar-refractivity contribution < 1.29 is 0 Å². The predicted molar refractivity (Wildman–Crippen MR) is 119 cm³/mol. The van der Waals surface area contributed by atoms with Crippen LogP contribution < -0.4 is 10.6 Å². The van der Waals surface area contributed by atoms with Gasteiger partial charge in [0, 0.05) is 26.7 Å². The summed E-state index contributed by atoms with van der Waals surface area (Å²) in [6.07, 6.45) is 9.48. The Kier molecular flexibility index (Phi) is 12.9. The Morgan fingerprint density at radius 2 is 1.72 bits per heavy atom. The van der Waals surface area contributed by atoms with E-state index in [0.29, 0.717) is 0 Å². The Morgan fingerprint density at radius 1 is 1.00 bits per heavy atom. The summed E-state index contributed by atoms with van der Waals surface area (Å²) in [5.41, 5.74) is 0. The van der Waals surface area contributed by atoms with Gasteiger partial charge in [-0.05, 0) is 70.7 Å². The van der Waals surface area contributed by atoms with Crippen molar-refractivity contribution in [2.45, 2.75) is 51.9 Å². The van der Waals surface area contributed by atoms with Crippen molar-refractivity contribution in [3.63, 3.8) is 0 Å². The van der Waals surface area contributed by atoms with E-state index in [9.17, 15) is 0 Å². The van der Waals surface area contributed by atoms with Gasteiger partial charge >= 0.3 is 0 Å². The zero-order valence-electron chi connectivity index (χ0n) is 16.4. The van der Waals surface area contributed by atoms with E-state index in [0.717, 1.165) is 25.0 Å². The van der Waals surface area contributed by atoms with Crippen LogP contribution in [0.3, 0.4) is 0 Å². The molecular formula is C19H40IN5. The number of rotatable bonds is 7. The molecule has 2 fully saturated rings. The fraction of sp³-hybridized carbons (Fsp3) is 0.947. The van der Waals surface area contributed by atoms with E-state index in [1.54, 1.807) is 0 Å². The van der Waals surface area contributed by atoms with Crippen LogP contribution in [0.1, 0.15) is 51.9 Å². The Hall–Kier alpha value is -0.0800. The summed E-state index contributed by atoms with van der Waals surface area (Å²) < 4.78 is 0. The first-order valence-electron chi connectivity index (χ1n) is 10.2. The molecule has 5 nitrogen and oxygen atoms in total. The standard InChI is InChI=1S/C19H39N5.HI/c1-3-23-14-8-10-18(17-23)16-22-19(20-2)21-11-9-15-24-12-6-4-5-7-13-24;/h18H,3-17H2,1-2H3,(H2,20,21,22);1H. The number of piperidine rings is 1. The molecule has 1 atom stereocenters. The first kappa shape index (κ1) is 23.0. The first-order chi connectivity index (χ1) is 11.8. The van der Waals surface area contributed by atoms with E-state index in [1.807, 2.05) is 7.05 Å². The Bertz CT molecular complexity index is 356. The molecule has 2 rings (SSSR count). The molecule has 0 aromatic heterocycles. The van der Waals surface area contributed by atoms with Gasteiger partial charge in [0.15, 0.2) is 5.96 Å². The zero-order chi connectivity index (χ0) is 17.0. The molecule has 2 N–H and O–H groups in total. The molecular weight excluding hydrogens is 425 g/mol. The second-order valence-corrected chi connectivity index (χ2v) is 7.39. The molecule has 0 spiro atoms. The van der Waals surface area contributed by atoms with Crippen LogP contribution in [0.4, 0.5) is 0 Å². The second kappa shape index (κ2) is 14.0. The van der Waals surface area contributed by atoms with Gasteiger partial charge in [0.05, 0.1) is 0 Å². The van der Waals surface area contributed by atoms with Crippen molar-refractivity contribution in [3.05, 3.63) is 0 Å². The number of likely N-dealkylation sites (tertiary alicyclic amines) is 2. The van der Waals surface area contributed by atoms with Gasteiger partial charge in [-0.2, -0.15) is 0 Å². The molecule has 0 radical (unpaired) electrons. The van der Waals surface area contributed by atoms with Crippen LogP contribution in [0.5, 0.6) is 0 Å². The van der Waals surface area contributed by atoms with Gasteiger partial charge in [-0.3, -0.25) is 4.99 Å². The maximum Gasteiger partial charge on any atom is 0.190 e. The van der Waals surface area contributed by atoms with Crippen molar-refractivity contribution in [2.24, 2.45) is 10.9 Å². The van der Waals surface area contributed by atoms with Gasteiger partial charge in [0.2, 0.25) is 0 Å². The van der Waals surface area contributed by atoms with Crippen molar-refractivity contribution in [1.82, 2.24) is 20.4 Å². The van der Waals surface area contributed by atoms with Crippen LogP contribution in [0, 0.1) is 5.92 Å². The van der Waals surface area contributed by atoms with E-state index in [-0.39, 0.29) is 24.0 Å². The van der Waals surface area contributed by atoms with Crippen LogP contribution in [0.15, 0.2) is 4.99 Å². The third kappa shape index (κ3) is 9.43. The largest absolute Gasteiger partial charge is 0.356 e. The summed E-state index contributed by atoms with van der Waals surface area (Å²) in [6.45, 7) is 11.8. The first-order valence-corrected chi connectivity index (χ1v) is 10.2. The number of nitrogens with one attached hydrogen (secondary N) is 2. The lowest BCUT2D eigenvalue weighted by atomic mass is 9.98. The highest BCUT2D eigenvalue weighted by Crippen LogP contribution is 2.15. The molecule has 25 heavy (non-hydrogen) atoms. The highest BCUT2D eigenvalue weighted by Gasteiger charge is 2.18. The Labute approximate surface area is 172 Å². The molecule has 0 aromatic rings. The molecule has 0 aliphatic carbocycles. The quantitative estimate of drug-likeness (QED) is 0.263. The highest BCUT2D eigenvalue weighted by molar-refractivity contribution is 14.0. The van der Waals surface area contributed by atoms with Gasteiger partial charge in [-0.25, -0.2) is 0 Å². The molecule has 2 aliphatic rings. The predicted octanol–water partition coefficient (Wildman–Crippen LogP) is 2.77. The molecule has 0 bridgehead atoms. The van der Waals surface area contributed by atoms with E-state index in [4.69, 9.17) is 0 Å². The van der Waals surface area contributed by atoms with E-state index < -0.39 is 0 Å². The topological polar surface area (TPSA) is 42.9 Å². The minimum atomic E-state index is 0. The SMILES string of the molecule is CCN1CCCC(CNC(=NC)NCCCN2CCCCCC2)C1.I. The highest BCUT2D eigenvalue weighted by atomic mass is 127. The monoisotopic (exact) mass is 465 g/mol. The lowest BCUT2D eigenvalue weighted by Crippen LogP contribution is -2.44. The molecule has 2 heterocycles. The van der Waals surface area contributed by atoms with Crippen LogP contribution >= 0.6 is 24.0 Å². The molecule has 6 heteroatoms. The Morgan fingerprint density at radius 3 is 2.40 bits per heavy atom. The average molecular weight is 465 g/mol. The number of aliphatic imine (C=N–C) groups is 1. The zero-order valence-corrected chi connectivity index (χ0v) is 18.8. The normalized spacial score (nSPS) is 23.6. The summed E-state index contributed by atoms with van der Waals surface area (Å²) in [5.74, 6) is 1.73. The third-order valence-corrected chi connectivity index (χ3v) is 5.47. The van der Waals surface area contributed by atoms with Crippen LogP contribution in [0.2, 0.25) is 0 Å².